The molecule has 1 rings (SSSR count). The summed E-state index contributed by atoms with van der Waals surface area (Å²) in [7, 11) is 0. The van der Waals surface area contributed by atoms with E-state index in [-0.39, 0.29) is 11.8 Å². The van der Waals surface area contributed by atoms with Gasteiger partial charge in [0.25, 0.3) is 0 Å². The summed E-state index contributed by atoms with van der Waals surface area (Å²) in [5, 5.41) is 0. The minimum absolute atomic E-state index is 0.139. The average Bonchev–Trinajstić information content (AvgIpc) is 2.15. The van der Waals surface area contributed by atoms with Crippen molar-refractivity contribution in [2.45, 2.75) is 45.7 Å². The van der Waals surface area contributed by atoms with Gasteiger partial charge in [0, 0.05) is 11.9 Å². The van der Waals surface area contributed by atoms with Crippen LogP contribution in [-0.2, 0) is 6.18 Å². The van der Waals surface area contributed by atoms with E-state index in [9.17, 15) is 13.2 Å². The van der Waals surface area contributed by atoms with E-state index in [0.717, 1.165) is 6.20 Å². The first-order valence-electron chi connectivity index (χ1n) is 5.30. The Morgan fingerprint density at radius 2 is 1.62 bits per heavy atom. The quantitative estimate of drug-likeness (QED) is 0.737. The Bertz CT molecular complexity index is 367. The van der Waals surface area contributed by atoms with Gasteiger partial charge >= 0.3 is 6.18 Å². The van der Waals surface area contributed by atoms with Crippen LogP contribution in [0, 0.1) is 0 Å². The maximum atomic E-state index is 12.7. The number of hydrogen-bond acceptors (Lipinski definition) is 1. The van der Waals surface area contributed by atoms with Crippen LogP contribution in [0.15, 0.2) is 12.3 Å². The van der Waals surface area contributed by atoms with Crippen molar-refractivity contribution in [1.29, 1.82) is 0 Å². The second-order valence-corrected chi connectivity index (χ2v) is 4.50. The second kappa shape index (κ2) is 4.44. The van der Waals surface area contributed by atoms with Crippen LogP contribution in [0.3, 0.4) is 0 Å². The molecule has 0 saturated carbocycles. The van der Waals surface area contributed by atoms with Crippen molar-refractivity contribution in [3.05, 3.63) is 29.1 Å². The standard InChI is InChI=1S/C12H16F3N/c1-7(2)9-5-11(8(3)4)16-6-10(9)12(13,14)15/h5-8H,1-4H3. The summed E-state index contributed by atoms with van der Waals surface area (Å²) in [5.41, 5.74) is 0.412. The lowest BCUT2D eigenvalue weighted by atomic mass is 9.95. The molecule has 0 radical (unpaired) electrons. The SMILES string of the molecule is CC(C)c1cc(C(C)C)c(C(F)(F)F)cn1. The molecule has 0 unspecified atom stereocenters. The van der Waals surface area contributed by atoms with E-state index < -0.39 is 11.7 Å². The molecule has 4 heteroatoms. The molecule has 1 aromatic heterocycles. The van der Waals surface area contributed by atoms with Crippen LogP contribution in [0.4, 0.5) is 13.2 Å². The number of alkyl halides is 3. The average molecular weight is 231 g/mol. The van der Waals surface area contributed by atoms with Gasteiger partial charge in [0.2, 0.25) is 0 Å². The van der Waals surface area contributed by atoms with Crippen LogP contribution >= 0.6 is 0 Å². The topological polar surface area (TPSA) is 12.9 Å². The summed E-state index contributed by atoms with van der Waals surface area (Å²) < 4.78 is 38.1. The fourth-order valence-electron chi connectivity index (χ4n) is 1.52. The Hall–Kier alpha value is -1.06. The maximum absolute atomic E-state index is 12.7. The van der Waals surface area contributed by atoms with Crippen molar-refractivity contribution in [3.63, 3.8) is 0 Å². The van der Waals surface area contributed by atoms with Gasteiger partial charge in [0.1, 0.15) is 0 Å². The molecule has 0 spiro atoms. The molecule has 0 bridgehead atoms. The van der Waals surface area contributed by atoms with E-state index >= 15 is 0 Å². The molecular formula is C12H16F3N. The highest BCUT2D eigenvalue weighted by Crippen LogP contribution is 2.35. The van der Waals surface area contributed by atoms with Gasteiger partial charge in [-0.1, -0.05) is 27.7 Å². The smallest absolute Gasteiger partial charge is 0.260 e. The van der Waals surface area contributed by atoms with Crippen molar-refractivity contribution in [2.24, 2.45) is 0 Å². The molecular weight excluding hydrogens is 215 g/mol. The van der Waals surface area contributed by atoms with Gasteiger partial charge in [-0.2, -0.15) is 13.2 Å². The monoisotopic (exact) mass is 231 g/mol. The van der Waals surface area contributed by atoms with Gasteiger partial charge < -0.3 is 0 Å². The number of nitrogens with zero attached hydrogens (tertiary/aromatic N) is 1. The van der Waals surface area contributed by atoms with Crippen molar-refractivity contribution >= 4 is 0 Å². The molecule has 0 aliphatic rings. The highest BCUT2D eigenvalue weighted by atomic mass is 19.4. The molecule has 16 heavy (non-hydrogen) atoms. The number of aromatic nitrogens is 1. The summed E-state index contributed by atoms with van der Waals surface area (Å²) in [6.07, 6.45) is -3.37. The van der Waals surface area contributed by atoms with Crippen LogP contribution in [0.1, 0.15) is 56.4 Å². The largest absolute Gasteiger partial charge is 0.418 e. The van der Waals surface area contributed by atoms with E-state index in [0.29, 0.717) is 11.3 Å². The molecule has 1 heterocycles. The third kappa shape index (κ3) is 2.74. The molecule has 0 aliphatic carbocycles. The minimum Gasteiger partial charge on any atom is -0.260 e. The van der Waals surface area contributed by atoms with Crippen molar-refractivity contribution < 1.29 is 13.2 Å². The van der Waals surface area contributed by atoms with Crippen molar-refractivity contribution in [3.8, 4) is 0 Å². The Kier molecular flexibility index (Phi) is 3.61. The molecule has 1 aromatic rings. The Labute approximate surface area is 93.7 Å². The lowest BCUT2D eigenvalue weighted by Crippen LogP contribution is -2.12. The zero-order valence-electron chi connectivity index (χ0n) is 9.89. The van der Waals surface area contributed by atoms with Gasteiger partial charge in [-0.15, -0.1) is 0 Å². The summed E-state index contributed by atoms with van der Waals surface area (Å²) in [5.74, 6) is -0.0168. The summed E-state index contributed by atoms with van der Waals surface area (Å²) in [4.78, 5) is 3.87. The summed E-state index contributed by atoms with van der Waals surface area (Å²) in [6, 6.07) is 1.57. The normalized spacial score (nSPS) is 12.6. The van der Waals surface area contributed by atoms with Crippen LogP contribution in [0.5, 0.6) is 0 Å². The van der Waals surface area contributed by atoms with E-state index in [2.05, 4.69) is 4.98 Å². The fraction of sp³-hybridized carbons (Fsp3) is 0.583. The molecule has 1 nitrogen and oxygen atoms in total. The van der Waals surface area contributed by atoms with Crippen LogP contribution in [0.2, 0.25) is 0 Å². The fourth-order valence-corrected chi connectivity index (χ4v) is 1.52. The van der Waals surface area contributed by atoms with E-state index in [1.54, 1.807) is 19.9 Å². The van der Waals surface area contributed by atoms with Gasteiger partial charge in [-0.25, -0.2) is 0 Å². The molecule has 90 valence electrons. The third-order valence-corrected chi connectivity index (χ3v) is 2.48. The first-order chi connectivity index (χ1) is 7.23. The van der Waals surface area contributed by atoms with Crippen LogP contribution in [-0.4, -0.2) is 4.98 Å². The third-order valence-electron chi connectivity index (χ3n) is 2.48. The molecule has 0 amide bonds. The van der Waals surface area contributed by atoms with E-state index in [4.69, 9.17) is 0 Å². The van der Waals surface area contributed by atoms with E-state index in [1.807, 2.05) is 13.8 Å². The zero-order chi connectivity index (χ0) is 12.5. The van der Waals surface area contributed by atoms with Crippen LogP contribution < -0.4 is 0 Å². The first kappa shape index (κ1) is 13.0. The first-order valence-corrected chi connectivity index (χ1v) is 5.30. The maximum Gasteiger partial charge on any atom is 0.418 e. The highest BCUT2D eigenvalue weighted by Gasteiger charge is 2.34. The number of halogens is 3. The van der Waals surface area contributed by atoms with Gasteiger partial charge in [0.15, 0.2) is 0 Å². The lowest BCUT2D eigenvalue weighted by molar-refractivity contribution is -0.138. The second-order valence-electron chi connectivity index (χ2n) is 4.50. The summed E-state index contributed by atoms with van der Waals surface area (Å²) >= 11 is 0. The number of rotatable bonds is 2. The van der Waals surface area contributed by atoms with Crippen molar-refractivity contribution in [2.75, 3.05) is 0 Å². The van der Waals surface area contributed by atoms with Gasteiger partial charge in [-0.05, 0) is 23.5 Å². The van der Waals surface area contributed by atoms with E-state index in [1.165, 1.54) is 0 Å². The number of hydrogen-bond donors (Lipinski definition) is 0. The summed E-state index contributed by atoms with van der Waals surface area (Å²) in [6.45, 7) is 7.35. The molecule has 0 N–H and O–H groups in total. The Morgan fingerprint density at radius 3 is 2.00 bits per heavy atom. The molecule has 0 aromatic carbocycles. The Morgan fingerprint density at radius 1 is 1.06 bits per heavy atom. The van der Waals surface area contributed by atoms with Gasteiger partial charge in [-0.3, -0.25) is 4.98 Å². The minimum atomic E-state index is -4.32. The Balaban J connectivity index is 3.31. The predicted molar refractivity (Wildman–Crippen MR) is 57.4 cm³/mol. The number of pyridine rings is 1. The predicted octanol–water partition coefficient (Wildman–Crippen LogP) is 4.35. The van der Waals surface area contributed by atoms with Crippen molar-refractivity contribution in [1.82, 2.24) is 4.98 Å². The molecule has 0 fully saturated rings. The van der Waals surface area contributed by atoms with Gasteiger partial charge in [0.05, 0.1) is 5.56 Å². The van der Waals surface area contributed by atoms with Crippen LogP contribution in [0.25, 0.3) is 0 Å². The highest BCUT2D eigenvalue weighted by molar-refractivity contribution is 5.32. The molecule has 0 saturated heterocycles. The molecule has 0 atom stereocenters. The molecule has 0 aliphatic heterocycles. The zero-order valence-corrected chi connectivity index (χ0v) is 9.89. The lowest BCUT2D eigenvalue weighted by Gasteiger charge is -2.17.